The molecule has 0 saturated carbocycles. The van der Waals surface area contributed by atoms with Gasteiger partial charge in [-0.25, -0.2) is 4.39 Å². The van der Waals surface area contributed by atoms with Crippen LogP contribution >= 0.6 is 0 Å². The van der Waals surface area contributed by atoms with E-state index in [1.807, 2.05) is 25.1 Å². The fourth-order valence-electron chi connectivity index (χ4n) is 2.92. The number of rotatable bonds is 7. The summed E-state index contributed by atoms with van der Waals surface area (Å²) in [4.78, 5) is 4.07. The molecule has 0 unspecified atom stereocenters. The molecule has 1 N–H and O–H groups in total. The van der Waals surface area contributed by atoms with Gasteiger partial charge in [-0.3, -0.25) is 4.98 Å². The molecule has 5 heteroatoms. The van der Waals surface area contributed by atoms with E-state index in [4.69, 9.17) is 10.00 Å². The number of aliphatic hydroxyl groups excluding tert-OH is 1. The van der Waals surface area contributed by atoms with Crippen molar-refractivity contribution in [2.75, 3.05) is 0 Å². The SMILES string of the molecule is C[C@H](Oc1ccc(-c2cc(C#N)ccc2F)cc1)[C@H](O)CCc1cccnc1. The highest BCUT2D eigenvalue weighted by Crippen LogP contribution is 2.26. The monoisotopic (exact) mass is 376 g/mol. The second-order valence-corrected chi connectivity index (χ2v) is 6.62. The standard InChI is InChI=1S/C23H21FN2O2/c1-16(23(27)11-5-17-3-2-12-26-15-17)28-20-8-6-19(7-9-20)21-13-18(14-25)4-10-22(21)24/h2-4,6-10,12-13,15-16,23,27H,5,11H2,1H3/t16-,23+/m0/s1. The minimum absolute atomic E-state index is 0.371. The Bertz CT molecular complexity index is 953. The number of aryl methyl sites for hydroxylation is 1. The van der Waals surface area contributed by atoms with E-state index in [-0.39, 0.29) is 11.9 Å². The first-order valence-electron chi connectivity index (χ1n) is 9.10. The lowest BCUT2D eigenvalue weighted by Gasteiger charge is -2.20. The van der Waals surface area contributed by atoms with Crippen LogP contribution in [0.5, 0.6) is 5.75 Å². The maximum Gasteiger partial charge on any atom is 0.131 e. The molecule has 0 amide bonds. The molecular weight excluding hydrogens is 355 g/mol. The van der Waals surface area contributed by atoms with Gasteiger partial charge in [0.1, 0.15) is 17.7 Å². The van der Waals surface area contributed by atoms with E-state index in [2.05, 4.69) is 4.98 Å². The number of hydrogen-bond donors (Lipinski definition) is 1. The molecule has 0 bridgehead atoms. The number of pyridine rings is 1. The molecule has 0 spiro atoms. The van der Waals surface area contributed by atoms with Crippen molar-refractivity contribution in [3.8, 4) is 22.9 Å². The van der Waals surface area contributed by atoms with Crippen LogP contribution in [0.15, 0.2) is 67.0 Å². The van der Waals surface area contributed by atoms with Gasteiger partial charge in [0.25, 0.3) is 0 Å². The van der Waals surface area contributed by atoms with Crippen LogP contribution in [0.4, 0.5) is 4.39 Å². The number of benzene rings is 2. The molecule has 0 radical (unpaired) electrons. The number of aromatic nitrogens is 1. The molecule has 1 heterocycles. The molecular formula is C23H21FN2O2. The average molecular weight is 376 g/mol. The Labute approximate surface area is 163 Å². The third-order valence-electron chi connectivity index (χ3n) is 4.58. The third-order valence-corrected chi connectivity index (χ3v) is 4.58. The van der Waals surface area contributed by atoms with Crippen molar-refractivity contribution in [1.29, 1.82) is 5.26 Å². The topological polar surface area (TPSA) is 66.1 Å². The second kappa shape index (κ2) is 9.12. The van der Waals surface area contributed by atoms with Crippen LogP contribution < -0.4 is 4.74 Å². The summed E-state index contributed by atoms with van der Waals surface area (Å²) >= 11 is 0. The first-order chi connectivity index (χ1) is 13.6. The fraction of sp³-hybridized carbons (Fsp3) is 0.217. The number of hydrogen-bond acceptors (Lipinski definition) is 4. The summed E-state index contributed by atoms with van der Waals surface area (Å²) in [6, 6.07) is 17.1. The molecule has 0 aliphatic carbocycles. The summed E-state index contributed by atoms with van der Waals surface area (Å²) in [7, 11) is 0. The smallest absolute Gasteiger partial charge is 0.131 e. The van der Waals surface area contributed by atoms with Crippen LogP contribution in [-0.2, 0) is 6.42 Å². The van der Waals surface area contributed by atoms with Gasteiger partial charge in [0, 0.05) is 18.0 Å². The summed E-state index contributed by atoms with van der Waals surface area (Å²) in [5.74, 6) is 0.209. The van der Waals surface area contributed by atoms with Crippen molar-refractivity contribution in [3.63, 3.8) is 0 Å². The number of halogens is 1. The lowest BCUT2D eigenvalue weighted by molar-refractivity contribution is 0.0420. The van der Waals surface area contributed by atoms with Crippen molar-refractivity contribution in [2.24, 2.45) is 0 Å². The van der Waals surface area contributed by atoms with E-state index in [0.29, 0.717) is 28.9 Å². The van der Waals surface area contributed by atoms with E-state index in [0.717, 1.165) is 12.0 Å². The summed E-state index contributed by atoms with van der Waals surface area (Å²) in [6.07, 6.45) is 3.79. The number of nitrogens with zero attached hydrogens (tertiary/aromatic N) is 2. The predicted octanol–water partition coefficient (Wildman–Crippen LogP) is 4.52. The third kappa shape index (κ3) is 4.93. The van der Waals surface area contributed by atoms with Crippen molar-refractivity contribution in [1.82, 2.24) is 4.98 Å². The molecule has 142 valence electrons. The zero-order valence-corrected chi connectivity index (χ0v) is 15.5. The van der Waals surface area contributed by atoms with Crippen LogP contribution in [0, 0.1) is 17.1 Å². The first kappa shape index (κ1) is 19.5. The molecule has 2 aromatic carbocycles. The lowest BCUT2D eigenvalue weighted by Crippen LogP contribution is -2.29. The Balaban J connectivity index is 1.61. The van der Waals surface area contributed by atoms with E-state index < -0.39 is 6.10 Å². The Kier molecular flexibility index (Phi) is 6.36. The molecule has 0 aliphatic rings. The van der Waals surface area contributed by atoms with Crippen LogP contribution in [0.25, 0.3) is 11.1 Å². The molecule has 3 aromatic rings. The Hall–Kier alpha value is -3.23. The highest BCUT2D eigenvalue weighted by molar-refractivity contribution is 5.66. The lowest BCUT2D eigenvalue weighted by atomic mass is 10.0. The van der Waals surface area contributed by atoms with Crippen molar-refractivity contribution >= 4 is 0 Å². The molecule has 2 atom stereocenters. The molecule has 3 rings (SSSR count). The number of ether oxygens (including phenoxy) is 1. The summed E-state index contributed by atoms with van der Waals surface area (Å²) in [5.41, 5.74) is 2.50. The number of aliphatic hydroxyl groups is 1. The van der Waals surface area contributed by atoms with E-state index in [1.54, 1.807) is 36.7 Å². The fourth-order valence-corrected chi connectivity index (χ4v) is 2.92. The highest BCUT2D eigenvalue weighted by atomic mass is 19.1. The van der Waals surface area contributed by atoms with Gasteiger partial charge in [0.15, 0.2) is 0 Å². The molecule has 0 aliphatic heterocycles. The number of nitriles is 1. The normalized spacial score (nSPS) is 12.8. The Morgan fingerprint density at radius 3 is 2.64 bits per heavy atom. The first-order valence-corrected chi connectivity index (χ1v) is 9.10. The molecule has 28 heavy (non-hydrogen) atoms. The summed E-state index contributed by atoms with van der Waals surface area (Å²) in [6.45, 7) is 1.82. The highest BCUT2D eigenvalue weighted by Gasteiger charge is 2.16. The van der Waals surface area contributed by atoms with Gasteiger partial charge >= 0.3 is 0 Å². The van der Waals surface area contributed by atoms with Gasteiger partial charge in [-0.15, -0.1) is 0 Å². The van der Waals surface area contributed by atoms with E-state index in [9.17, 15) is 9.50 Å². The van der Waals surface area contributed by atoms with E-state index >= 15 is 0 Å². The Morgan fingerprint density at radius 2 is 1.96 bits per heavy atom. The second-order valence-electron chi connectivity index (χ2n) is 6.62. The van der Waals surface area contributed by atoms with Gasteiger partial charge in [0.05, 0.1) is 17.7 Å². The largest absolute Gasteiger partial charge is 0.488 e. The average Bonchev–Trinajstić information content (AvgIpc) is 2.73. The van der Waals surface area contributed by atoms with Crippen LogP contribution in [-0.4, -0.2) is 22.3 Å². The van der Waals surface area contributed by atoms with Gasteiger partial charge in [-0.05, 0) is 67.3 Å². The summed E-state index contributed by atoms with van der Waals surface area (Å²) in [5, 5.41) is 19.3. The van der Waals surface area contributed by atoms with Gasteiger partial charge < -0.3 is 9.84 Å². The molecule has 0 saturated heterocycles. The summed E-state index contributed by atoms with van der Waals surface area (Å²) < 4.78 is 19.9. The van der Waals surface area contributed by atoms with Crippen LogP contribution in [0.3, 0.4) is 0 Å². The minimum Gasteiger partial charge on any atom is -0.488 e. The van der Waals surface area contributed by atoms with Gasteiger partial charge in [-0.1, -0.05) is 18.2 Å². The van der Waals surface area contributed by atoms with E-state index in [1.165, 1.54) is 18.2 Å². The Morgan fingerprint density at radius 1 is 1.18 bits per heavy atom. The minimum atomic E-state index is -0.621. The van der Waals surface area contributed by atoms with Crippen molar-refractivity contribution in [2.45, 2.75) is 32.0 Å². The molecule has 1 aromatic heterocycles. The maximum absolute atomic E-state index is 14.1. The van der Waals surface area contributed by atoms with Gasteiger partial charge in [0.2, 0.25) is 0 Å². The van der Waals surface area contributed by atoms with Crippen LogP contribution in [0.1, 0.15) is 24.5 Å². The quantitative estimate of drug-likeness (QED) is 0.658. The van der Waals surface area contributed by atoms with Crippen molar-refractivity contribution in [3.05, 3.63) is 83.9 Å². The van der Waals surface area contributed by atoms with Crippen LogP contribution in [0.2, 0.25) is 0 Å². The molecule has 0 fully saturated rings. The molecule has 4 nitrogen and oxygen atoms in total. The zero-order valence-electron chi connectivity index (χ0n) is 15.5. The van der Waals surface area contributed by atoms with Crippen molar-refractivity contribution < 1.29 is 14.2 Å². The zero-order chi connectivity index (χ0) is 19.9. The predicted molar refractivity (Wildman–Crippen MR) is 105 cm³/mol. The maximum atomic E-state index is 14.1. The van der Waals surface area contributed by atoms with Gasteiger partial charge in [-0.2, -0.15) is 5.26 Å².